The van der Waals surface area contributed by atoms with Crippen LogP contribution in [0.3, 0.4) is 0 Å². The van der Waals surface area contributed by atoms with E-state index in [1.807, 2.05) is 12.1 Å². The average Bonchev–Trinajstić information content (AvgIpc) is 2.67. The molecule has 144 valence electrons. The van der Waals surface area contributed by atoms with Gasteiger partial charge in [-0.1, -0.05) is 6.07 Å². The van der Waals surface area contributed by atoms with Crippen molar-refractivity contribution in [3.63, 3.8) is 0 Å². The molecule has 2 N–H and O–H groups in total. The third kappa shape index (κ3) is 4.59. The van der Waals surface area contributed by atoms with Crippen LogP contribution in [-0.2, 0) is 16.0 Å². The standard InChI is InChI=1S/C19H27NO6/c1-24-15-9-8-12(16(25-2)17(15)26-3)10-11-20-18(21)13-4-6-14(7-5-13)19(22)23/h8-9,13-14H,4-7,10-11H2,1-3H3,(H,20,21)(H,22,23). The Labute approximate surface area is 153 Å². The van der Waals surface area contributed by atoms with E-state index in [0.717, 1.165) is 5.56 Å². The number of amides is 1. The molecule has 7 heteroatoms. The second-order valence-corrected chi connectivity index (χ2v) is 6.42. The number of benzene rings is 1. The van der Waals surface area contributed by atoms with Gasteiger partial charge in [0.1, 0.15) is 0 Å². The lowest BCUT2D eigenvalue weighted by Crippen LogP contribution is -2.35. The van der Waals surface area contributed by atoms with E-state index in [2.05, 4.69) is 5.32 Å². The third-order valence-electron chi connectivity index (χ3n) is 4.93. The summed E-state index contributed by atoms with van der Waals surface area (Å²) in [5.74, 6) is 0.548. The summed E-state index contributed by atoms with van der Waals surface area (Å²) in [6.45, 7) is 0.476. The molecule has 0 spiro atoms. The summed E-state index contributed by atoms with van der Waals surface area (Å²) in [4.78, 5) is 23.3. The molecule has 1 aromatic rings. The smallest absolute Gasteiger partial charge is 0.306 e. The molecule has 7 nitrogen and oxygen atoms in total. The molecule has 1 aliphatic rings. The van der Waals surface area contributed by atoms with Crippen molar-refractivity contribution >= 4 is 11.9 Å². The van der Waals surface area contributed by atoms with Crippen LogP contribution in [0.5, 0.6) is 17.2 Å². The van der Waals surface area contributed by atoms with Crippen molar-refractivity contribution < 1.29 is 28.9 Å². The minimum atomic E-state index is -0.760. The van der Waals surface area contributed by atoms with Crippen LogP contribution in [0.2, 0.25) is 0 Å². The van der Waals surface area contributed by atoms with Gasteiger partial charge in [-0.3, -0.25) is 9.59 Å². The van der Waals surface area contributed by atoms with Crippen molar-refractivity contribution in [2.45, 2.75) is 32.1 Å². The summed E-state index contributed by atoms with van der Waals surface area (Å²) in [6.07, 6.45) is 2.98. The lowest BCUT2D eigenvalue weighted by molar-refractivity contribution is -0.144. The topological polar surface area (TPSA) is 94.1 Å². The summed E-state index contributed by atoms with van der Waals surface area (Å²) >= 11 is 0. The van der Waals surface area contributed by atoms with Gasteiger partial charge in [0.25, 0.3) is 0 Å². The summed E-state index contributed by atoms with van der Waals surface area (Å²) in [6, 6.07) is 3.70. The van der Waals surface area contributed by atoms with Gasteiger partial charge in [0.15, 0.2) is 11.5 Å². The molecule has 1 saturated carbocycles. The number of carbonyl (C=O) groups excluding carboxylic acids is 1. The molecule has 1 aliphatic carbocycles. The van der Waals surface area contributed by atoms with Crippen molar-refractivity contribution in [3.05, 3.63) is 17.7 Å². The Balaban J connectivity index is 1.90. The molecule has 1 fully saturated rings. The minimum Gasteiger partial charge on any atom is -0.493 e. The van der Waals surface area contributed by atoms with Gasteiger partial charge in [-0.15, -0.1) is 0 Å². The largest absolute Gasteiger partial charge is 0.493 e. The number of hydrogen-bond acceptors (Lipinski definition) is 5. The van der Waals surface area contributed by atoms with E-state index >= 15 is 0 Å². The predicted molar refractivity (Wildman–Crippen MR) is 95.9 cm³/mol. The molecule has 0 bridgehead atoms. The summed E-state index contributed by atoms with van der Waals surface area (Å²) in [5.41, 5.74) is 0.917. The molecule has 0 atom stereocenters. The van der Waals surface area contributed by atoms with Crippen LogP contribution < -0.4 is 19.5 Å². The van der Waals surface area contributed by atoms with Crippen LogP contribution in [0.15, 0.2) is 12.1 Å². The van der Waals surface area contributed by atoms with Crippen molar-refractivity contribution in [1.29, 1.82) is 0 Å². The fraction of sp³-hybridized carbons (Fsp3) is 0.579. The zero-order valence-electron chi connectivity index (χ0n) is 15.5. The Morgan fingerprint density at radius 3 is 2.15 bits per heavy atom. The maximum Gasteiger partial charge on any atom is 0.306 e. The van der Waals surface area contributed by atoms with Crippen LogP contribution in [0.4, 0.5) is 0 Å². The number of carbonyl (C=O) groups is 2. The number of aliphatic carboxylic acids is 1. The summed E-state index contributed by atoms with van der Waals surface area (Å²) in [7, 11) is 4.69. The van der Waals surface area contributed by atoms with Gasteiger partial charge in [-0.2, -0.15) is 0 Å². The first-order valence-corrected chi connectivity index (χ1v) is 8.80. The highest BCUT2D eigenvalue weighted by Crippen LogP contribution is 2.39. The lowest BCUT2D eigenvalue weighted by Gasteiger charge is -2.25. The van der Waals surface area contributed by atoms with Crippen LogP contribution >= 0.6 is 0 Å². The Kier molecular flexibility index (Phi) is 7.12. The number of nitrogens with one attached hydrogen (secondary N) is 1. The van der Waals surface area contributed by atoms with Crippen molar-refractivity contribution in [2.75, 3.05) is 27.9 Å². The fourth-order valence-electron chi connectivity index (χ4n) is 3.43. The Morgan fingerprint density at radius 2 is 1.62 bits per heavy atom. The Hall–Kier alpha value is -2.44. The zero-order chi connectivity index (χ0) is 19.1. The first-order valence-electron chi connectivity index (χ1n) is 8.80. The van der Waals surface area contributed by atoms with E-state index in [1.165, 1.54) is 0 Å². The first kappa shape index (κ1) is 19.9. The van der Waals surface area contributed by atoms with Gasteiger partial charge in [0, 0.05) is 18.0 Å². The molecule has 0 heterocycles. The third-order valence-corrected chi connectivity index (χ3v) is 4.93. The highest BCUT2D eigenvalue weighted by Gasteiger charge is 2.29. The van der Waals surface area contributed by atoms with Gasteiger partial charge < -0.3 is 24.6 Å². The monoisotopic (exact) mass is 365 g/mol. The number of ether oxygens (including phenoxy) is 3. The molecule has 2 rings (SSSR count). The molecular weight excluding hydrogens is 338 g/mol. The average molecular weight is 365 g/mol. The van der Waals surface area contributed by atoms with E-state index < -0.39 is 5.97 Å². The van der Waals surface area contributed by atoms with E-state index in [4.69, 9.17) is 19.3 Å². The normalized spacial score (nSPS) is 19.5. The van der Waals surface area contributed by atoms with Crippen molar-refractivity contribution in [2.24, 2.45) is 11.8 Å². The zero-order valence-corrected chi connectivity index (χ0v) is 15.5. The van der Waals surface area contributed by atoms with Gasteiger partial charge in [-0.25, -0.2) is 0 Å². The van der Waals surface area contributed by atoms with E-state index in [9.17, 15) is 9.59 Å². The molecule has 0 aliphatic heterocycles. The molecule has 0 radical (unpaired) electrons. The SMILES string of the molecule is COc1ccc(CCNC(=O)C2CCC(C(=O)O)CC2)c(OC)c1OC. The second kappa shape index (κ2) is 9.31. The van der Waals surface area contributed by atoms with Gasteiger partial charge in [0.05, 0.1) is 27.2 Å². The summed E-state index contributed by atoms with van der Waals surface area (Å²) in [5, 5.41) is 12.0. The molecule has 0 unspecified atom stereocenters. The molecule has 0 saturated heterocycles. The molecule has 1 aromatic carbocycles. The number of rotatable bonds is 8. The van der Waals surface area contributed by atoms with E-state index in [-0.39, 0.29) is 17.7 Å². The van der Waals surface area contributed by atoms with Crippen molar-refractivity contribution in [1.82, 2.24) is 5.32 Å². The highest BCUT2D eigenvalue weighted by molar-refractivity contribution is 5.79. The van der Waals surface area contributed by atoms with Crippen molar-refractivity contribution in [3.8, 4) is 17.2 Å². The number of carboxylic acids is 1. The number of carboxylic acid groups (broad SMARTS) is 1. The van der Waals surface area contributed by atoms with E-state index in [0.29, 0.717) is 55.9 Å². The lowest BCUT2D eigenvalue weighted by atomic mass is 9.81. The maximum atomic E-state index is 12.3. The van der Waals surface area contributed by atoms with Crippen LogP contribution in [0.1, 0.15) is 31.2 Å². The van der Waals surface area contributed by atoms with Gasteiger partial charge >= 0.3 is 5.97 Å². The number of hydrogen-bond donors (Lipinski definition) is 2. The quantitative estimate of drug-likeness (QED) is 0.734. The van der Waals surface area contributed by atoms with Crippen LogP contribution in [0.25, 0.3) is 0 Å². The maximum absolute atomic E-state index is 12.3. The molecule has 0 aromatic heterocycles. The molecule has 26 heavy (non-hydrogen) atoms. The van der Waals surface area contributed by atoms with E-state index in [1.54, 1.807) is 21.3 Å². The Morgan fingerprint density at radius 1 is 1.00 bits per heavy atom. The first-order chi connectivity index (χ1) is 12.5. The van der Waals surface area contributed by atoms with Gasteiger partial charge in [0.2, 0.25) is 11.7 Å². The second-order valence-electron chi connectivity index (χ2n) is 6.42. The molecular formula is C19H27NO6. The summed E-state index contributed by atoms with van der Waals surface area (Å²) < 4.78 is 16.1. The Bertz CT molecular complexity index is 637. The number of methoxy groups -OCH3 is 3. The predicted octanol–water partition coefficient (Wildman–Crippen LogP) is 2.26. The highest BCUT2D eigenvalue weighted by atomic mass is 16.5. The molecule has 1 amide bonds. The fourth-order valence-corrected chi connectivity index (χ4v) is 3.43. The van der Waals surface area contributed by atoms with Gasteiger partial charge in [-0.05, 0) is 38.2 Å². The van der Waals surface area contributed by atoms with Crippen LogP contribution in [0, 0.1) is 11.8 Å². The van der Waals surface area contributed by atoms with Crippen LogP contribution in [-0.4, -0.2) is 44.9 Å². The minimum absolute atomic E-state index is 0.00622.